The smallest absolute Gasteiger partial charge is 0.0765 e. The van der Waals surface area contributed by atoms with Crippen LogP contribution >= 0.6 is 0 Å². The standard InChI is InChI=1S/C16H30N4/c1-12(2)8-16-11-19(14(5)9-17-16)10-15-6-7-20(18-15)13(3)4/h6-7,12-14,16-17H,8-11H2,1-5H3. The number of nitrogens with zero attached hydrogens (tertiary/aromatic N) is 3. The van der Waals surface area contributed by atoms with Crippen LogP contribution in [0.4, 0.5) is 0 Å². The second kappa shape index (κ2) is 6.72. The number of piperazine rings is 1. The molecular formula is C16H30N4. The van der Waals surface area contributed by atoms with Crippen molar-refractivity contribution in [3.63, 3.8) is 0 Å². The average molecular weight is 278 g/mol. The molecule has 1 aromatic rings. The van der Waals surface area contributed by atoms with Gasteiger partial charge in [0.15, 0.2) is 0 Å². The monoisotopic (exact) mass is 278 g/mol. The first-order valence-corrected chi connectivity index (χ1v) is 7.97. The molecule has 1 N–H and O–H groups in total. The van der Waals surface area contributed by atoms with Crippen LogP contribution < -0.4 is 5.32 Å². The zero-order valence-electron chi connectivity index (χ0n) is 13.6. The van der Waals surface area contributed by atoms with Crippen molar-refractivity contribution in [1.82, 2.24) is 20.0 Å². The lowest BCUT2D eigenvalue weighted by atomic mass is 10.00. The minimum absolute atomic E-state index is 0.442. The van der Waals surface area contributed by atoms with Gasteiger partial charge in [0.1, 0.15) is 0 Å². The molecule has 0 bridgehead atoms. The highest BCUT2D eigenvalue weighted by molar-refractivity contribution is 5.01. The number of rotatable bonds is 5. The minimum Gasteiger partial charge on any atom is -0.311 e. The van der Waals surface area contributed by atoms with Crippen molar-refractivity contribution >= 4 is 0 Å². The van der Waals surface area contributed by atoms with Crippen molar-refractivity contribution in [3.8, 4) is 0 Å². The number of hydrogen-bond acceptors (Lipinski definition) is 3. The Balaban J connectivity index is 1.95. The molecule has 114 valence electrons. The molecule has 1 fully saturated rings. The van der Waals surface area contributed by atoms with Gasteiger partial charge < -0.3 is 5.32 Å². The predicted octanol–water partition coefficient (Wildman–Crippen LogP) is 2.67. The highest BCUT2D eigenvalue weighted by Crippen LogP contribution is 2.16. The Kier molecular flexibility index (Phi) is 5.22. The predicted molar refractivity (Wildman–Crippen MR) is 83.7 cm³/mol. The van der Waals surface area contributed by atoms with Gasteiger partial charge in [-0.2, -0.15) is 5.10 Å². The normalized spacial score (nSPS) is 24.8. The van der Waals surface area contributed by atoms with Crippen molar-refractivity contribution in [3.05, 3.63) is 18.0 Å². The van der Waals surface area contributed by atoms with Gasteiger partial charge in [-0.15, -0.1) is 0 Å². The van der Waals surface area contributed by atoms with E-state index >= 15 is 0 Å². The average Bonchev–Trinajstić information content (AvgIpc) is 2.81. The first-order valence-electron chi connectivity index (χ1n) is 7.97. The largest absolute Gasteiger partial charge is 0.311 e. The molecule has 0 spiro atoms. The summed E-state index contributed by atoms with van der Waals surface area (Å²) in [6.45, 7) is 14.4. The van der Waals surface area contributed by atoms with Crippen LogP contribution in [0.1, 0.15) is 52.8 Å². The molecule has 2 atom stereocenters. The molecule has 20 heavy (non-hydrogen) atoms. The Morgan fingerprint density at radius 3 is 2.70 bits per heavy atom. The Morgan fingerprint density at radius 1 is 1.35 bits per heavy atom. The molecule has 0 saturated carbocycles. The first-order chi connectivity index (χ1) is 9.45. The van der Waals surface area contributed by atoms with E-state index in [1.165, 1.54) is 12.1 Å². The molecule has 0 amide bonds. The Hall–Kier alpha value is -0.870. The third-order valence-corrected chi connectivity index (χ3v) is 4.09. The van der Waals surface area contributed by atoms with E-state index in [1.807, 2.05) is 4.68 Å². The molecule has 2 rings (SSSR count). The SMILES string of the molecule is CC(C)CC1CN(Cc2ccn(C(C)C)n2)C(C)CN1. The molecule has 1 aliphatic heterocycles. The molecule has 0 radical (unpaired) electrons. The summed E-state index contributed by atoms with van der Waals surface area (Å²) in [6, 6.07) is 3.81. The number of hydrogen-bond donors (Lipinski definition) is 1. The quantitative estimate of drug-likeness (QED) is 0.899. The Morgan fingerprint density at radius 2 is 2.10 bits per heavy atom. The summed E-state index contributed by atoms with van der Waals surface area (Å²) in [5.74, 6) is 0.753. The lowest BCUT2D eigenvalue weighted by molar-refractivity contribution is 0.123. The van der Waals surface area contributed by atoms with Crippen molar-refractivity contribution in [2.45, 2.75) is 65.7 Å². The minimum atomic E-state index is 0.442. The second-order valence-corrected chi connectivity index (χ2v) is 6.89. The van der Waals surface area contributed by atoms with Gasteiger partial charge in [0, 0.05) is 44.0 Å². The zero-order valence-corrected chi connectivity index (χ0v) is 13.6. The van der Waals surface area contributed by atoms with E-state index in [9.17, 15) is 0 Å². The third-order valence-electron chi connectivity index (χ3n) is 4.09. The highest BCUT2D eigenvalue weighted by Gasteiger charge is 2.25. The van der Waals surface area contributed by atoms with Crippen molar-refractivity contribution in [2.24, 2.45) is 5.92 Å². The van der Waals surface area contributed by atoms with Crippen LogP contribution in [0.25, 0.3) is 0 Å². The summed E-state index contributed by atoms with van der Waals surface area (Å²) in [6.07, 6.45) is 3.35. The highest BCUT2D eigenvalue weighted by atomic mass is 15.3. The van der Waals surface area contributed by atoms with E-state index in [1.54, 1.807) is 0 Å². The second-order valence-electron chi connectivity index (χ2n) is 6.89. The van der Waals surface area contributed by atoms with Crippen molar-refractivity contribution in [1.29, 1.82) is 0 Å². The van der Waals surface area contributed by atoms with Gasteiger partial charge in [-0.05, 0) is 39.2 Å². The third kappa shape index (κ3) is 4.06. The maximum absolute atomic E-state index is 4.68. The van der Waals surface area contributed by atoms with Crippen molar-refractivity contribution in [2.75, 3.05) is 13.1 Å². The molecular weight excluding hydrogens is 248 g/mol. The summed E-state index contributed by atoms with van der Waals surface area (Å²) < 4.78 is 2.05. The lowest BCUT2D eigenvalue weighted by Crippen LogP contribution is -2.55. The van der Waals surface area contributed by atoms with E-state index in [-0.39, 0.29) is 0 Å². The van der Waals surface area contributed by atoms with Gasteiger partial charge in [0.05, 0.1) is 5.69 Å². The van der Waals surface area contributed by atoms with Crippen LogP contribution in [0.5, 0.6) is 0 Å². The van der Waals surface area contributed by atoms with Crippen LogP contribution in [0.15, 0.2) is 12.3 Å². The molecule has 1 aliphatic rings. The Bertz CT molecular complexity index is 410. The summed E-state index contributed by atoms with van der Waals surface area (Å²) in [7, 11) is 0. The topological polar surface area (TPSA) is 33.1 Å². The summed E-state index contributed by atoms with van der Waals surface area (Å²) in [4.78, 5) is 2.57. The number of aromatic nitrogens is 2. The van der Waals surface area contributed by atoms with Crippen LogP contribution in [-0.2, 0) is 6.54 Å². The fraction of sp³-hybridized carbons (Fsp3) is 0.812. The molecule has 0 aromatic carbocycles. The van der Waals surface area contributed by atoms with E-state index < -0.39 is 0 Å². The summed E-state index contributed by atoms with van der Waals surface area (Å²) in [5, 5.41) is 8.35. The molecule has 0 aliphatic carbocycles. The van der Waals surface area contributed by atoms with Crippen LogP contribution in [-0.4, -0.2) is 39.9 Å². The van der Waals surface area contributed by atoms with E-state index in [0.29, 0.717) is 18.1 Å². The lowest BCUT2D eigenvalue weighted by Gasteiger charge is -2.39. The summed E-state index contributed by atoms with van der Waals surface area (Å²) >= 11 is 0. The van der Waals surface area contributed by atoms with Gasteiger partial charge in [0.2, 0.25) is 0 Å². The molecule has 1 saturated heterocycles. The van der Waals surface area contributed by atoms with Gasteiger partial charge in [0.25, 0.3) is 0 Å². The fourth-order valence-electron chi connectivity index (χ4n) is 2.90. The molecule has 4 heteroatoms. The van der Waals surface area contributed by atoms with Gasteiger partial charge in [-0.1, -0.05) is 13.8 Å². The maximum atomic E-state index is 4.68. The fourth-order valence-corrected chi connectivity index (χ4v) is 2.90. The Labute approximate surface area is 123 Å². The first kappa shape index (κ1) is 15.5. The van der Waals surface area contributed by atoms with Crippen molar-refractivity contribution < 1.29 is 0 Å². The molecule has 4 nitrogen and oxygen atoms in total. The van der Waals surface area contributed by atoms with Crippen LogP contribution in [0.3, 0.4) is 0 Å². The van der Waals surface area contributed by atoms with Crippen LogP contribution in [0, 0.1) is 5.92 Å². The molecule has 2 unspecified atom stereocenters. The van der Waals surface area contributed by atoms with Gasteiger partial charge >= 0.3 is 0 Å². The number of nitrogens with one attached hydrogen (secondary N) is 1. The van der Waals surface area contributed by atoms with E-state index in [2.05, 4.69) is 62.2 Å². The summed E-state index contributed by atoms with van der Waals surface area (Å²) in [5.41, 5.74) is 1.19. The van der Waals surface area contributed by atoms with Gasteiger partial charge in [-0.25, -0.2) is 0 Å². The van der Waals surface area contributed by atoms with Crippen LogP contribution in [0.2, 0.25) is 0 Å². The van der Waals surface area contributed by atoms with E-state index in [4.69, 9.17) is 0 Å². The van der Waals surface area contributed by atoms with E-state index in [0.717, 1.165) is 25.6 Å². The molecule has 1 aromatic heterocycles. The van der Waals surface area contributed by atoms with Gasteiger partial charge in [-0.3, -0.25) is 9.58 Å². The molecule has 2 heterocycles. The zero-order chi connectivity index (χ0) is 14.7. The maximum Gasteiger partial charge on any atom is 0.0765 e.